The van der Waals surface area contributed by atoms with Crippen LogP contribution >= 0.6 is 22.6 Å². The molecule has 1 aliphatic heterocycles. The molecule has 0 amide bonds. The van der Waals surface area contributed by atoms with Gasteiger partial charge in [0, 0.05) is 3.58 Å². The molecule has 1 unspecified atom stereocenters. The molecule has 1 heterocycles. The van der Waals surface area contributed by atoms with Crippen molar-refractivity contribution in [1.29, 1.82) is 0 Å². The van der Waals surface area contributed by atoms with Crippen molar-refractivity contribution < 1.29 is 4.74 Å². The van der Waals surface area contributed by atoms with E-state index < -0.39 is 0 Å². The molecule has 0 aromatic heterocycles. The van der Waals surface area contributed by atoms with Crippen molar-refractivity contribution in [3.63, 3.8) is 0 Å². The predicted molar refractivity (Wildman–Crippen MR) is 66.6 cm³/mol. The lowest BCUT2D eigenvalue weighted by atomic mass is 10.1. The lowest BCUT2D eigenvalue weighted by Crippen LogP contribution is -1.98. The highest BCUT2D eigenvalue weighted by atomic mass is 127. The van der Waals surface area contributed by atoms with Crippen LogP contribution in [0.5, 0.6) is 0 Å². The predicted octanol–water partition coefficient (Wildman–Crippen LogP) is 3.34. The van der Waals surface area contributed by atoms with Crippen molar-refractivity contribution in [2.24, 2.45) is 0 Å². The van der Waals surface area contributed by atoms with Gasteiger partial charge in [-0.2, -0.15) is 0 Å². The number of hydrogen-bond donors (Lipinski definition) is 0. The van der Waals surface area contributed by atoms with Crippen LogP contribution in [0.1, 0.15) is 12.5 Å². The van der Waals surface area contributed by atoms with Crippen molar-refractivity contribution >= 4 is 22.6 Å². The van der Waals surface area contributed by atoms with Crippen LogP contribution in [0.25, 0.3) is 0 Å². The SMILES string of the molecule is CC1OCC(Cc2ccccc2)=C1I. The van der Waals surface area contributed by atoms with E-state index in [-0.39, 0.29) is 0 Å². The molecule has 0 saturated heterocycles. The highest BCUT2D eigenvalue weighted by Crippen LogP contribution is 2.28. The third-order valence-electron chi connectivity index (χ3n) is 2.46. The maximum Gasteiger partial charge on any atom is 0.0858 e. The molecule has 0 radical (unpaired) electrons. The smallest absolute Gasteiger partial charge is 0.0858 e. The second-order valence-electron chi connectivity index (χ2n) is 3.57. The molecule has 1 aromatic rings. The molecular weight excluding hydrogens is 287 g/mol. The monoisotopic (exact) mass is 300 g/mol. The summed E-state index contributed by atoms with van der Waals surface area (Å²) in [7, 11) is 0. The number of ether oxygens (including phenoxy) is 1. The summed E-state index contributed by atoms with van der Waals surface area (Å²) in [6.07, 6.45) is 1.33. The first-order chi connectivity index (χ1) is 6.77. The average molecular weight is 300 g/mol. The summed E-state index contributed by atoms with van der Waals surface area (Å²) in [6, 6.07) is 10.6. The van der Waals surface area contributed by atoms with Gasteiger partial charge >= 0.3 is 0 Å². The highest BCUT2D eigenvalue weighted by molar-refractivity contribution is 14.1. The van der Waals surface area contributed by atoms with E-state index in [2.05, 4.69) is 59.8 Å². The molecule has 0 aliphatic carbocycles. The first kappa shape index (κ1) is 10.2. The number of halogens is 1. The molecule has 0 N–H and O–H groups in total. The maximum atomic E-state index is 5.57. The number of rotatable bonds is 2. The minimum absolute atomic E-state index is 0.300. The van der Waals surface area contributed by atoms with Crippen LogP contribution in [-0.4, -0.2) is 12.7 Å². The lowest BCUT2D eigenvalue weighted by molar-refractivity contribution is 0.137. The van der Waals surface area contributed by atoms with Crippen LogP contribution in [0.2, 0.25) is 0 Å². The Balaban J connectivity index is 2.13. The van der Waals surface area contributed by atoms with Gasteiger partial charge in [0.25, 0.3) is 0 Å². The first-order valence-electron chi connectivity index (χ1n) is 4.80. The van der Waals surface area contributed by atoms with Crippen LogP contribution in [0, 0.1) is 0 Å². The largest absolute Gasteiger partial charge is 0.369 e. The van der Waals surface area contributed by atoms with Gasteiger partial charge < -0.3 is 4.74 Å². The average Bonchev–Trinajstić information content (AvgIpc) is 2.52. The van der Waals surface area contributed by atoms with Crippen LogP contribution in [0.15, 0.2) is 39.5 Å². The van der Waals surface area contributed by atoms with E-state index >= 15 is 0 Å². The Labute approximate surface area is 98.3 Å². The van der Waals surface area contributed by atoms with E-state index in [1.807, 2.05) is 0 Å². The second kappa shape index (κ2) is 4.45. The zero-order valence-corrected chi connectivity index (χ0v) is 10.3. The van der Waals surface area contributed by atoms with E-state index in [9.17, 15) is 0 Å². The normalized spacial score (nSPS) is 21.7. The van der Waals surface area contributed by atoms with E-state index in [1.165, 1.54) is 14.7 Å². The molecule has 14 heavy (non-hydrogen) atoms. The summed E-state index contributed by atoms with van der Waals surface area (Å²) in [5.74, 6) is 0. The fourth-order valence-corrected chi connectivity index (χ4v) is 2.16. The summed E-state index contributed by atoms with van der Waals surface area (Å²) in [6.45, 7) is 2.91. The zero-order valence-electron chi connectivity index (χ0n) is 8.16. The summed E-state index contributed by atoms with van der Waals surface area (Å²) in [5.41, 5.74) is 2.80. The standard InChI is InChI=1S/C12H13IO/c1-9-12(13)11(8-14-9)7-10-5-3-2-4-6-10/h2-6,9H,7-8H2,1H3. The van der Waals surface area contributed by atoms with Crippen molar-refractivity contribution in [1.82, 2.24) is 0 Å². The minimum atomic E-state index is 0.300. The Morgan fingerprint density at radius 3 is 2.64 bits per heavy atom. The quantitative estimate of drug-likeness (QED) is 0.761. The van der Waals surface area contributed by atoms with Gasteiger partial charge in [-0.15, -0.1) is 0 Å². The maximum absolute atomic E-state index is 5.57. The van der Waals surface area contributed by atoms with Gasteiger partial charge in [-0.25, -0.2) is 0 Å². The van der Waals surface area contributed by atoms with E-state index in [4.69, 9.17) is 4.74 Å². The Morgan fingerprint density at radius 1 is 1.36 bits per heavy atom. The molecule has 1 aromatic carbocycles. The molecule has 2 heteroatoms. The molecular formula is C12H13IO. The Kier molecular flexibility index (Phi) is 3.23. The Morgan fingerprint density at radius 2 is 2.07 bits per heavy atom. The first-order valence-corrected chi connectivity index (χ1v) is 5.88. The van der Waals surface area contributed by atoms with Gasteiger partial charge in [-0.05, 0) is 47.1 Å². The fourth-order valence-electron chi connectivity index (χ4n) is 1.63. The van der Waals surface area contributed by atoms with Crippen LogP contribution in [0.4, 0.5) is 0 Å². The molecule has 2 rings (SSSR count). The number of hydrogen-bond acceptors (Lipinski definition) is 1. The van der Waals surface area contributed by atoms with Crippen molar-refractivity contribution in [2.75, 3.05) is 6.61 Å². The Hall–Kier alpha value is -0.350. The van der Waals surface area contributed by atoms with Gasteiger partial charge in [0.05, 0.1) is 12.7 Å². The number of benzene rings is 1. The van der Waals surface area contributed by atoms with Gasteiger partial charge in [0.15, 0.2) is 0 Å². The van der Waals surface area contributed by atoms with Crippen LogP contribution in [-0.2, 0) is 11.2 Å². The topological polar surface area (TPSA) is 9.23 Å². The third-order valence-corrected chi connectivity index (χ3v) is 4.10. The zero-order chi connectivity index (χ0) is 9.97. The molecule has 0 saturated carbocycles. The minimum Gasteiger partial charge on any atom is -0.369 e. The molecule has 1 atom stereocenters. The van der Waals surface area contributed by atoms with Crippen molar-refractivity contribution in [2.45, 2.75) is 19.4 Å². The van der Waals surface area contributed by atoms with E-state index in [1.54, 1.807) is 0 Å². The summed E-state index contributed by atoms with van der Waals surface area (Å²) in [5, 5.41) is 0. The molecule has 1 aliphatic rings. The van der Waals surface area contributed by atoms with Gasteiger partial charge in [0.1, 0.15) is 0 Å². The summed E-state index contributed by atoms with van der Waals surface area (Å²) >= 11 is 2.40. The van der Waals surface area contributed by atoms with Crippen LogP contribution in [0.3, 0.4) is 0 Å². The lowest BCUT2D eigenvalue weighted by Gasteiger charge is -2.01. The summed E-state index contributed by atoms with van der Waals surface area (Å²) < 4.78 is 6.95. The molecule has 0 fully saturated rings. The molecule has 74 valence electrons. The second-order valence-corrected chi connectivity index (χ2v) is 4.73. The van der Waals surface area contributed by atoms with Crippen molar-refractivity contribution in [3.8, 4) is 0 Å². The van der Waals surface area contributed by atoms with Crippen LogP contribution < -0.4 is 0 Å². The Bertz CT molecular complexity index is 343. The van der Waals surface area contributed by atoms with Gasteiger partial charge in [-0.1, -0.05) is 30.3 Å². The van der Waals surface area contributed by atoms with Gasteiger partial charge in [0.2, 0.25) is 0 Å². The fraction of sp³-hybridized carbons (Fsp3) is 0.333. The summed E-state index contributed by atoms with van der Waals surface area (Å²) in [4.78, 5) is 0. The molecule has 0 spiro atoms. The highest BCUT2D eigenvalue weighted by Gasteiger charge is 2.19. The van der Waals surface area contributed by atoms with Crippen molar-refractivity contribution in [3.05, 3.63) is 45.0 Å². The van der Waals surface area contributed by atoms with E-state index in [0.717, 1.165) is 13.0 Å². The van der Waals surface area contributed by atoms with Gasteiger partial charge in [-0.3, -0.25) is 0 Å². The third kappa shape index (κ3) is 2.17. The van der Waals surface area contributed by atoms with E-state index in [0.29, 0.717) is 6.10 Å². The molecule has 1 nitrogen and oxygen atoms in total. The molecule has 0 bridgehead atoms.